The van der Waals surface area contributed by atoms with Crippen LogP contribution in [-0.2, 0) is 11.3 Å². The molecule has 0 saturated heterocycles. The van der Waals surface area contributed by atoms with Gasteiger partial charge in [-0.15, -0.1) is 0 Å². The predicted molar refractivity (Wildman–Crippen MR) is 67.6 cm³/mol. The zero-order chi connectivity index (χ0) is 12.7. The molecule has 0 aliphatic rings. The molecule has 1 aromatic carbocycles. The molecule has 0 heterocycles. The summed E-state index contributed by atoms with van der Waals surface area (Å²) in [5.74, 6) is 0.369. The van der Waals surface area contributed by atoms with Crippen LogP contribution in [0.4, 0.5) is 0 Å². The largest absolute Gasteiger partial charge is 0.390 e. The minimum absolute atomic E-state index is 0.169. The van der Waals surface area contributed by atoms with E-state index in [1.165, 1.54) is 0 Å². The summed E-state index contributed by atoms with van der Waals surface area (Å²) in [5, 5.41) is 19.3. The Labute approximate surface area is 103 Å². The summed E-state index contributed by atoms with van der Waals surface area (Å²) in [6, 6.07) is 9.78. The highest BCUT2D eigenvalue weighted by Crippen LogP contribution is 2.09. The highest BCUT2D eigenvalue weighted by Gasteiger charge is 2.17. The Morgan fingerprint density at radius 2 is 1.71 bits per heavy atom. The second-order valence-corrected chi connectivity index (χ2v) is 4.76. The van der Waals surface area contributed by atoms with E-state index in [1.807, 2.05) is 44.2 Å². The van der Waals surface area contributed by atoms with Crippen LogP contribution in [0.25, 0.3) is 0 Å². The molecular weight excluding hydrogens is 216 g/mol. The van der Waals surface area contributed by atoms with Crippen molar-refractivity contribution in [1.82, 2.24) is 0 Å². The van der Waals surface area contributed by atoms with Gasteiger partial charge in [-0.05, 0) is 17.9 Å². The van der Waals surface area contributed by atoms with Gasteiger partial charge >= 0.3 is 0 Å². The molecule has 96 valence electrons. The van der Waals surface area contributed by atoms with Gasteiger partial charge in [0.1, 0.15) is 6.10 Å². The van der Waals surface area contributed by atoms with Crippen LogP contribution in [0.5, 0.6) is 0 Å². The van der Waals surface area contributed by atoms with Crippen molar-refractivity contribution in [3.8, 4) is 0 Å². The SMILES string of the molecule is CC(C)C[C@H](O)[C@@H](O)COCc1ccccc1. The first-order valence-electron chi connectivity index (χ1n) is 6.07. The molecule has 1 rings (SSSR count). The van der Waals surface area contributed by atoms with E-state index in [2.05, 4.69) is 0 Å². The number of aliphatic hydroxyl groups is 2. The van der Waals surface area contributed by atoms with E-state index < -0.39 is 12.2 Å². The van der Waals surface area contributed by atoms with Gasteiger partial charge in [-0.3, -0.25) is 0 Å². The van der Waals surface area contributed by atoms with E-state index >= 15 is 0 Å². The van der Waals surface area contributed by atoms with Gasteiger partial charge in [-0.25, -0.2) is 0 Å². The minimum atomic E-state index is -0.805. The highest BCUT2D eigenvalue weighted by atomic mass is 16.5. The van der Waals surface area contributed by atoms with Gasteiger partial charge in [-0.1, -0.05) is 44.2 Å². The van der Waals surface area contributed by atoms with Crippen LogP contribution in [0.3, 0.4) is 0 Å². The number of hydrogen-bond donors (Lipinski definition) is 2. The first-order chi connectivity index (χ1) is 8.09. The van der Waals surface area contributed by atoms with Crippen molar-refractivity contribution in [3.05, 3.63) is 35.9 Å². The van der Waals surface area contributed by atoms with Crippen molar-refractivity contribution in [2.75, 3.05) is 6.61 Å². The van der Waals surface area contributed by atoms with E-state index in [0.717, 1.165) is 5.56 Å². The van der Waals surface area contributed by atoms with Gasteiger partial charge in [0.05, 0.1) is 19.3 Å². The zero-order valence-corrected chi connectivity index (χ0v) is 10.5. The van der Waals surface area contributed by atoms with Crippen molar-refractivity contribution in [3.63, 3.8) is 0 Å². The molecular formula is C14H22O3. The molecule has 0 aliphatic carbocycles. The fourth-order valence-corrected chi connectivity index (χ4v) is 1.62. The topological polar surface area (TPSA) is 49.7 Å². The lowest BCUT2D eigenvalue weighted by molar-refractivity contribution is -0.0485. The van der Waals surface area contributed by atoms with Crippen LogP contribution in [0.15, 0.2) is 30.3 Å². The van der Waals surface area contributed by atoms with E-state index in [-0.39, 0.29) is 6.61 Å². The summed E-state index contributed by atoms with van der Waals surface area (Å²) in [5.41, 5.74) is 1.07. The Hall–Kier alpha value is -0.900. The monoisotopic (exact) mass is 238 g/mol. The van der Waals surface area contributed by atoms with E-state index in [4.69, 9.17) is 4.74 Å². The van der Waals surface area contributed by atoms with Crippen LogP contribution >= 0.6 is 0 Å². The summed E-state index contributed by atoms with van der Waals surface area (Å²) < 4.78 is 5.37. The minimum Gasteiger partial charge on any atom is -0.390 e. The fourth-order valence-electron chi connectivity index (χ4n) is 1.62. The Bertz CT molecular complexity index is 298. The van der Waals surface area contributed by atoms with Gasteiger partial charge in [-0.2, -0.15) is 0 Å². The molecule has 0 aliphatic heterocycles. The number of hydrogen-bond acceptors (Lipinski definition) is 3. The predicted octanol–water partition coefficient (Wildman–Crippen LogP) is 1.97. The first-order valence-corrected chi connectivity index (χ1v) is 6.07. The molecule has 0 saturated carbocycles. The summed E-state index contributed by atoms with van der Waals surface area (Å²) in [6.07, 6.45) is -0.914. The van der Waals surface area contributed by atoms with Gasteiger partial charge in [0.25, 0.3) is 0 Å². The smallest absolute Gasteiger partial charge is 0.103 e. The maximum Gasteiger partial charge on any atom is 0.103 e. The number of aliphatic hydroxyl groups excluding tert-OH is 2. The van der Waals surface area contributed by atoms with Crippen LogP contribution in [0, 0.1) is 5.92 Å². The molecule has 0 bridgehead atoms. The molecule has 0 unspecified atom stereocenters. The van der Waals surface area contributed by atoms with Crippen molar-refractivity contribution in [1.29, 1.82) is 0 Å². The molecule has 0 amide bonds. The Morgan fingerprint density at radius 1 is 1.06 bits per heavy atom. The average Bonchev–Trinajstić information content (AvgIpc) is 2.29. The molecule has 3 nitrogen and oxygen atoms in total. The third kappa shape index (κ3) is 5.82. The molecule has 2 atom stereocenters. The van der Waals surface area contributed by atoms with E-state index in [0.29, 0.717) is 18.9 Å². The van der Waals surface area contributed by atoms with Crippen LogP contribution in [0.1, 0.15) is 25.8 Å². The number of benzene rings is 1. The Morgan fingerprint density at radius 3 is 2.29 bits per heavy atom. The van der Waals surface area contributed by atoms with Gasteiger partial charge in [0, 0.05) is 0 Å². The second kappa shape index (κ2) is 7.43. The van der Waals surface area contributed by atoms with Gasteiger partial charge < -0.3 is 14.9 Å². The van der Waals surface area contributed by atoms with Crippen molar-refractivity contribution >= 4 is 0 Å². The third-order valence-electron chi connectivity index (χ3n) is 2.56. The number of ether oxygens (including phenoxy) is 1. The van der Waals surface area contributed by atoms with Crippen LogP contribution in [0.2, 0.25) is 0 Å². The lowest BCUT2D eigenvalue weighted by atomic mass is 10.0. The molecule has 0 fully saturated rings. The van der Waals surface area contributed by atoms with Crippen molar-refractivity contribution in [2.45, 2.75) is 39.1 Å². The van der Waals surface area contributed by atoms with Crippen LogP contribution in [-0.4, -0.2) is 29.0 Å². The molecule has 17 heavy (non-hydrogen) atoms. The molecule has 0 aromatic heterocycles. The molecule has 1 aromatic rings. The molecule has 2 N–H and O–H groups in total. The summed E-state index contributed by atoms with van der Waals surface area (Å²) in [6.45, 7) is 4.66. The van der Waals surface area contributed by atoms with Crippen LogP contribution < -0.4 is 0 Å². The first kappa shape index (κ1) is 14.2. The van der Waals surface area contributed by atoms with E-state index in [9.17, 15) is 10.2 Å². The zero-order valence-electron chi connectivity index (χ0n) is 10.5. The van der Waals surface area contributed by atoms with Gasteiger partial charge in [0.2, 0.25) is 0 Å². The van der Waals surface area contributed by atoms with Crippen molar-refractivity contribution in [2.24, 2.45) is 5.92 Å². The van der Waals surface area contributed by atoms with Crippen molar-refractivity contribution < 1.29 is 14.9 Å². The fraction of sp³-hybridized carbons (Fsp3) is 0.571. The van der Waals surface area contributed by atoms with E-state index in [1.54, 1.807) is 0 Å². The van der Waals surface area contributed by atoms with Gasteiger partial charge in [0.15, 0.2) is 0 Å². The Balaban J connectivity index is 2.22. The quantitative estimate of drug-likeness (QED) is 0.763. The molecule has 0 spiro atoms. The number of rotatable bonds is 7. The molecule has 3 heteroatoms. The lowest BCUT2D eigenvalue weighted by Crippen LogP contribution is -2.31. The maximum absolute atomic E-state index is 9.67. The third-order valence-corrected chi connectivity index (χ3v) is 2.56. The second-order valence-electron chi connectivity index (χ2n) is 4.76. The molecule has 0 radical (unpaired) electrons. The maximum atomic E-state index is 9.67. The highest BCUT2D eigenvalue weighted by molar-refractivity contribution is 5.13. The summed E-state index contributed by atoms with van der Waals surface area (Å²) in [4.78, 5) is 0. The lowest BCUT2D eigenvalue weighted by Gasteiger charge is -2.19. The summed E-state index contributed by atoms with van der Waals surface area (Å²) >= 11 is 0. The standard InChI is InChI=1S/C14H22O3/c1-11(2)8-13(15)14(16)10-17-9-12-6-4-3-5-7-12/h3-7,11,13-16H,8-10H2,1-2H3/t13-,14-/m0/s1. The average molecular weight is 238 g/mol. The Kier molecular flexibility index (Phi) is 6.19. The summed E-state index contributed by atoms with van der Waals surface area (Å²) in [7, 11) is 0. The normalized spacial score (nSPS) is 14.9.